The van der Waals surface area contributed by atoms with Crippen molar-refractivity contribution in [1.82, 2.24) is 15.1 Å². The summed E-state index contributed by atoms with van der Waals surface area (Å²) in [5, 5.41) is 7.15. The molecule has 1 N–H and O–H groups in total. The van der Waals surface area contributed by atoms with Crippen LogP contribution in [0.4, 0.5) is 0 Å². The Kier molecular flexibility index (Phi) is 3.81. The van der Waals surface area contributed by atoms with Crippen molar-refractivity contribution in [3.63, 3.8) is 0 Å². The summed E-state index contributed by atoms with van der Waals surface area (Å²) in [7, 11) is 0. The maximum atomic E-state index is 12.2. The van der Waals surface area contributed by atoms with Crippen molar-refractivity contribution in [3.05, 3.63) is 58.5 Å². The van der Waals surface area contributed by atoms with Gasteiger partial charge in [-0.05, 0) is 31.0 Å². The van der Waals surface area contributed by atoms with Gasteiger partial charge in [0.05, 0.1) is 5.69 Å². The van der Waals surface area contributed by atoms with E-state index in [0.717, 1.165) is 25.7 Å². The van der Waals surface area contributed by atoms with E-state index >= 15 is 0 Å². The van der Waals surface area contributed by atoms with E-state index in [9.17, 15) is 9.59 Å². The van der Waals surface area contributed by atoms with Crippen LogP contribution in [0, 0.1) is 0 Å². The Labute approximate surface area is 122 Å². The number of aromatic nitrogens is 2. The number of para-hydroxylation sites is 1. The molecule has 0 atom stereocenters. The Bertz CT molecular complexity index is 688. The fourth-order valence-electron chi connectivity index (χ4n) is 2.62. The average molecular weight is 283 g/mol. The van der Waals surface area contributed by atoms with Gasteiger partial charge in [0.1, 0.15) is 5.69 Å². The van der Waals surface area contributed by atoms with Crippen molar-refractivity contribution >= 4 is 5.91 Å². The topological polar surface area (TPSA) is 64.0 Å². The highest BCUT2D eigenvalue weighted by molar-refractivity contribution is 5.92. The first-order chi connectivity index (χ1) is 10.2. The largest absolute Gasteiger partial charge is 0.348 e. The minimum absolute atomic E-state index is 0.216. The maximum absolute atomic E-state index is 12.2. The summed E-state index contributed by atoms with van der Waals surface area (Å²) in [5.41, 5.74) is 0.669. The Morgan fingerprint density at radius 1 is 1.10 bits per heavy atom. The molecule has 1 heterocycles. The van der Waals surface area contributed by atoms with Crippen LogP contribution in [0.5, 0.6) is 0 Å². The molecule has 5 heteroatoms. The predicted molar refractivity (Wildman–Crippen MR) is 79.6 cm³/mol. The summed E-state index contributed by atoms with van der Waals surface area (Å²) < 4.78 is 1.25. The van der Waals surface area contributed by atoms with Gasteiger partial charge in [-0.3, -0.25) is 9.59 Å². The summed E-state index contributed by atoms with van der Waals surface area (Å²) >= 11 is 0. The molecule has 0 bridgehead atoms. The molecule has 1 aliphatic rings. The van der Waals surface area contributed by atoms with E-state index in [-0.39, 0.29) is 23.2 Å². The van der Waals surface area contributed by atoms with Gasteiger partial charge in [0.25, 0.3) is 11.5 Å². The summed E-state index contributed by atoms with van der Waals surface area (Å²) in [5.74, 6) is -0.216. The molecule has 0 radical (unpaired) electrons. The monoisotopic (exact) mass is 283 g/mol. The highest BCUT2D eigenvalue weighted by atomic mass is 16.2. The molecule has 0 aliphatic heterocycles. The second kappa shape index (κ2) is 5.91. The third kappa shape index (κ3) is 3.02. The van der Waals surface area contributed by atoms with Gasteiger partial charge in [0, 0.05) is 12.1 Å². The number of rotatable bonds is 3. The molecule has 0 saturated heterocycles. The van der Waals surface area contributed by atoms with E-state index in [1.165, 1.54) is 16.8 Å². The second-order valence-electron chi connectivity index (χ2n) is 5.26. The van der Waals surface area contributed by atoms with Gasteiger partial charge in [-0.25, -0.2) is 0 Å². The van der Waals surface area contributed by atoms with Gasteiger partial charge >= 0.3 is 0 Å². The zero-order chi connectivity index (χ0) is 14.7. The van der Waals surface area contributed by atoms with Gasteiger partial charge in [-0.1, -0.05) is 31.0 Å². The van der Waals surface area contributed by atoms with Crippen molar-refractivity contribution < 1.29 is 4.79 Å². The zero-order valence-electron chi connectivity index (χ0n) is 11.7. The average Bonchev–Trinajstić information content (AvgIpc) is 3.01. The molecule has 1 aromatic heterocycles. The first-order valence-electron chi connectivity index (χ1n) is 7.21. The Balaban J connectivity index is 1.87. The predicted octanol–water partition coefficient (Wildman–Crippen LogP) is 1.90. The van der Waals surface area contributed by atoms with Crippen LogP contribution in [-0.2, 0) is 0 Å². The van der Waals surface area contributed by atoms with Crippen molar-refractivity contribution in [2.75, 3.05) is 0 Å². The van der Waals surface area contributed by atoms with Gasteiger partial charge in [-0.2, -0.15) is 9.78 Å². The van der Waals surface area contributed by atoms with Crippen molar-refractivity contribution in [3.8, 4) is 5.69 Å². The molecule has 1 aliphatic carbocycles. The molecule has 108 valence electrons. The molecular formula is C16H17N3O2. The number of amides is 1. The fourth-order valence-corrected chi connectivity index (χ4v) is 2.62. The van der Waals surface area contributed by atoms with Gasteiger partial charge < -0.3 is 5.32 Å². The lowest BCUT2D eigenvalue weighted by atomic mass is 10.2. The smallest absolute Gasteiger partial charge is 0.271 e. The SMILES string of the molecule is O=C(NC1CCCC1)c1ccc(=O)n(-c2ccccc2)n1. The lowest BCUT2D eigenvalue weighted by Crippen LogP contribution is -2.34. The van der Waals surface area contributed by atoms with Gasteiger partial charge in [-0.15, -0.1) is 0 Å². The Morgan fingerprint density at radius 3 is 2.52 bits per heavy atom. The molecule has 5 nitrogen and oxygen atoms in total. The molecule has 0 spiro atoms. The van der Waals surface area contributed by atoms with Gasteiger partial charge in [0.15, 0.2) is 0 Å². The van der Waals surface area contributed by atoms with Crippen LogP contribution < -0.4 is 10.9 Å². The molecular weight excluding hydrogens is 266 g/mol. The third-order valence-electron chi connectivity index (χ3n) is 3.72. The summed E-state index contributed by atoms with van der Waals surface area (Å²) in [6.07, 6.45) is 4.35. The zero-order valence-corrected chi connectivity index (χ0v) is 11.7. The van der Waals surface area contributed by atoms with Crippen molar-refractivity contribution in [2.24, 2.45) is 0 Å². The Morgan fingerprint density at radius 2 is 1.81 bits per heavy atom. The van der Waals surface area contributed by atoms with Crippen molar-refractivity contribution in [2.45, 2.75) is 31.7 Å². The third-order valence-corrected chi connectivity index (χ3v) is 3.72. The first-order valence-corrected chi connectivity index (χ1v) is 7.21. The molecule has 1 fully saturated rings. The second-order valence-corrected chi connectivity index (χ2v) is 5.26. The highest BCUT2D eigenvalue weighted by Crippen LogP contribution is 2.17. The van der Waals surface area contributed by atoms with E-state index in [4.69, 9.17) is 0 Å². The van der Waals surface area contributed by atoms with Crippen molar-refractivity contribution in [1.29, 1.82) is 0 Å². The van der Waals surface area contributed by atoms with E-state index in [2.05, 4.69) is 10.4 Å². The number of carbonyl (C=O) groups is 1. The standard InChI is InChI=1S/C16H17N3O2/c20-15-11-10-14(16(21)17-12-6-4-5-7-12)18-19(15)13-8-2-1-3-9-13/h1-3,8-12H,4-7H2,(H,17,21). The minimum atomic E-state index is -0.251. The van der Waals surface area contributed by atoms with Crippen LogP contribution in [0.1, 0.15) is 36.2 Å². The molecule has 3 rings (SSSR count). The highest BCUT2D eigenvalue weighted by Gasteiger charge is 2.19. The summed E-state index contributed by atoms with van der Waals surface area (Å²) in [6, 6.07) is 12.2. The minimum Gasteiger partial charge on any atom is -0.348 e. The summed E-state index contributed by atoms with van der Waals surface area (Å²) in [6.45, 7) is 0. The lowest BCUT2D eigenvalue weighted by Gasteiger charge is -2.12. The number of nitrogens with one attached hydrogen (secondary N) is 1. The number of benzene rings is 1. The number of nitrogens with zero attached hydrogens (tertiary/aromatic N) is 2. The number of hydrogen-bond acceptors (Lipinski definition) is 3. The Hall–Kier alpha value is -2.43. The van der Waals surface area contributed by atoms with Crippen LogP contribution >= 0.6 is 0 Å². The van der Waals surface area contributed by atoms with Gasteiger partial charge in [0.2, 0.25) is 0 Å². The van der Waals surface area contributed by atoms with E-state index < -0.39 is 0 Å². The molecule has 1 aromatic carbocycles. The molecule has 1 amide bonds. The molecule has 21 heavy (non-hydrogen) atoms. The van der Waals surface area contributed by atoms with Crippen LogP contribution in [0.2, 0.25) is 0 Å². The molecule has 1 saturated carbocycles. The molecule has 0 unspecified atom stereocenters. The van der Waals surface area contributed by atoms with E-state index in [0.29, 0.717) is 5.69 Å². The number of hydrogen-bond donors (Lipinski definition) is 1. The lowest BCUT2D eigenvalue weighted by molar-refractivity contribution is 0.0931. The van der Waals surface area contributed by atoms with E-state index in [1.807, 2.05) is 18.2 Å². The van der Waals surface area contributed by atoms with Crippen LogP contribution in [-0.4, -0.2) is 21.7 Å². The maximum Gasteiger partial charge on any atom is 0.271 e. The number of carbonyl (C=O) groups excluding carboxylic acids is 1. The van der Waals surface area contributed by atoms with Crippen LogP contribution in [0.25, 0.3) is 5.69 Å². The molecule has 2 aromatic rings. The fraction of sp³-hybridized carbons (Fsp3) is 0.312. The van der Waals surface area contributed by atoms with Crippen LogP contribution in [0.15, 0.2) is 47.3 Å². The van der Waals surface area contributed by atoms with Crippen LogP contribution in [0.3, 0.4) is 0 Å². The quantitative estimate of drug-likeness (QED) is 0.935. The normalized spacial score (nSPS) is 15.0. The first kappa shape index (κ1) is 13.5. The summed E-state index contributed by atoms with van der Waals surface area (Å²) in [4.78, 5) is 24.1. The van der Waals surface area contributed by atoms with E-state index in [1.54, 1.807) is 12.1 Å².